The van der Waals surface area contributed by atoms with Crippen molar-refractivity contribution in [2.45, 2.75) is 6.04 Å². The highest BCUT2D eigenvalue weighted by molar-refractivity contribution is 6.41. The van der Waals surface area contributed by atoms with Gasteiger partial charge in [-0.15, -0.1) is 0 Å². The van der Waals surface area contributed by atoms with Gasteiger partial charge in [0, 0.05) is 39.4 Å². The Labute approximate surface area is 181 Å². The van der Waals surface area contributed by atoms with Crippen LogP contribution in [-0.4, -0.2) is 63.7 Å². The number of amides is 2. The third-order valence-electron chi connectivity index (χ3n) is 5.06. The molecule has 8 heteroatoms. The van der Waals surface area contributed by atoms with E-state index in [4.69, 9.17) is 16.3 Å². The lowest BCUT2D eigenvalue weighted by Crippen LogP contribution is -2.45. The molecule has 1 heterocycles. The van der Waals surface area contributed by atoms with Gasteiger partial charge in [-0.05, 0) is 29.8 Å². The SMILES string of the molecule is CN(C)c1ccc([C@H](CNC(=O)C(=O)Nc2ccccc2Cl)N2CCOCC2)cc1. The number of hydrogen-bond donors (Lipinski definition) is 2. The quantitative estimate of drug-likeness (QED) is 0.689. The Morgan fingerprint density at radius 2 is 1.73 bits per heavy atom. The number of hydrogen-bond acceptors (Lipinski definition) is 5. The zero-order chi connectivity index (χ0) is 21.5. The van der Waals surface area contributed by atoms with Crippen LogP contribution < -0.4 is 15.5 Å². The highest BCUT2D eigenvalue weighted by Gasteiger charge is 2.24. The molecule has 1 aliphatic rings. The summed E-state index contributed by atoms with van der Waals surface area (Å²) in [4.78, 5) is 29.0. The number of halogens is 1. The van der Waals surface area contributed by atoms with Gasteiger partial charge in [0.15, 0.2) is 0 Å². The average Bonchev–Trinajstić information content (AvgIpc) is 2.76. The van der Waals surface area contributed by atoms with Gasteiger partial charge in [0.25, 0.3) is 0 Å². The van der Waals surface area contributed by atoms with Crippen LogP contribution in [0.15, 0.2) is 48.5 Å². The van der Waals surface area contributed by atoms with Gasteiger partial charge < -0.3 is 20.3 Å². The van der Waals surface area contributed by atoms with E-state index in [1.807, 2.05) is 19.0 Å². The summed E-state index contributed by atoms with van der Waals surface area (Å²) in [5.74, 6) is -1.44. The molecule has 160 valence electrons. The maximum Gasteiger partial charge on any atom is 0.313 e. The fraction of sp³-hybridized carbons (Fsp3) is 0.364. The molecule has 0 bridgehead atoms. The molecule has 2 amide bonds. The van der Waals surface area contributed by atoms with Crippen LogP contribution >= 0.6 is 11.6 Å². The van der Waals surface area contributed by atoms with Gasteiger partial charge in [-0.25, -0.2) is 0 Å². The molecule has 1 fully saturated rings. The standard InChI is InChI=1S/C22H27ClN4O3/c1-26(2)17-9-7-16(8-10-17)20(27-11-13-30-14-12-27)15-24-21(28)22(29)25-19-6-4-3-5-18(19)23/h3-10,20H,11-15H2,1-2H3,(H,24,28)(H,25,29)/t20-/m0/s1. The zero-order valence-electron chi connectivity index (χ0n) is 17.2. The zero-order valence-corrected chi connectivity index (χ0v) is 18.0. The largest absolute Gasteiger partial charge is 0.379 e. The van der Waals surface area contributed by atoms with Gasteiger partial charge in [-0.1, -0.05) is 35.9 Å². The molecule has 3 rings (SSSR count). The van der Waals surface area contributed by atoms with Crippen molar-refractivity contribution in [3.05, 3.63) is 59.1 Å². The first-order chi connectivity index (χ1) is 14.5. The molecule has 2 aromatic carbocycles. The van der Waals surface area contributed by atoms with Gasteiger partial charge in [0.2, 0.25) is 0 Å². The fourth-order valence-corrected chi connectivity index (χ4v) is 3.54. The maximum absolute atomic E-state index is 12.4. The molecular formula is C22H27ClN4O3. The number of benzene rings is 2. The number of nitrogens with zero attached hydrogens (tertiary/aromatic N) is 2. The van der Waals surface area contributed by atoms with E-state index in [9.17, 15) is 9.59 Å². The Hall–Kier alpha value is -2.61. The van der Waals surface area contributed by atoms with Crippen molar-refractivity contribution >= 4 is 34.8 Å². The average molecular weight is 431 g/mol. The summed E-state index contributed by atoms with van der Waals surface area (Å²) >= 11 is 6.05. The van der Waals surface area contributed by atoms with Gasteiger partial charge in [0.05, 0.1) is 30.0 Å². The molecule has 2 aromatic rings. The lowest BCUT2D eigenvalue weighted by Gasteiger charge is -2.35. The van der Waals surface area contributed by atoms with Crippen LogP contribution in [0.2, 0.25) is 5.02 Å². The molecule has 2 N–H and O–H groups in total. The number of para-hydroxylation sites is 1. The Morgan fingerprint density at radius 3 is 2.37 bits per heavy atom. The van der Waals surface area contributed by atoms with Crippen molar-refractivity contribution in [3.8, 4) is 0 Å². The van der Waals surface area contributed by atoms with E-state index in [1.165, 1.54) is 0 Å². The summed E-state index contributed by atoms with van der Waals surface area (Å²) in [5, 5.41) is 5.70. The molecule has 0 saturated carbocycles. The van der Waals surface area contributed by atoms with Crippen LogP contribution in [0.1, 0.15) is 11.6 Å². The predicted molar refractivity (Wildman–Crippen MR) is 119 cm³/mol. The Bertz CT molecular complexity index is 867. The molecule has 30 heavy (non-hydrogen) atoms. The molecule has 1 aliphatic heterocycles. The number of ether oxygens (including phenoxy) is 1. The van der Waals surface area contributed by atoms with E-state index >= 15 is 0 Å². The molecule has 7 nitrogen and oxygen atoms in total. The van der Waals surface area contributed by atoms with Crippen molar-refractivity contribution in [1.82, 2.24) is 10.2 Å². The predicted octanol–water partition coefficient (Wildman–Crippen LogP) is 2.53. The summed E-state index contributed by atoms with van der Waals surface area (Å²) in [6.45, 7) is 3.14. The van der Waals surface area contributed by atoms with E-state index in [-0.39, 0.29) is 6.04 Å². The van der Waals surface area contributed by atoms with Crippen LogP contribution in [0.3, 0.4) is 0 Å². The number of carbonyl (C=O) groups is 2. The summed E-state index contributed by atoms with van der Waals surface area (Å²) < 4.78 is 5.47. The van der Waals surface area contributed by atoms with Gasteiger partial charge in [0.1, 0.15) is 0 Å². The van der Waals surface area contributed by atoms with Crippen LogP contribution in [0.4, 0.5) is 11.4 Å². The van der Waals surface area contributed by atoms with Crippen LogP contribution in [0.5, 0.6) is 0 Å². The number of carbonyl (C=O) groups excluding carboxylic acids is 2. The molecule has 1 atom stereocenters. The molecule has 0 aliphatic carbocycles. The molecule has 0 aromatic heterocycles. The van der Waals surface area contributed by atoms with E-state index in [0.29, 0.717) is 30.5 Å². The minimum absolute atomic E-state index is 0.0535. The summed E-state index contributed by atoms with van der Waals surface area (Å²) in [6, 6.07) is 15.0. The van der Waals surface area contributed by atoms with Crippen LogP contribution in [0, 0.1) is 0 Å². The second-order valence-electron chi connectivity index (χ2n) is 7.29. The van der Waals surface area contributed by atoms with Crippen molar-refractivity contribution in [2.24, 2.45) is 0 Å². The molecule has 0 spiro atoms. The first kappa shape index (κ1) is 22.1. The third-order valence-corrected chi connectivity index (χ3v) is 5.39. The Kier molecular flexibility index (Phi) is 7.68. The summed E-state index contributed by atoms with van der Waals surface area (Å²) in [5.41, 5.74) is 2.58. The minimum Gasteiger partial charge on any atom is -0.379 e. The fourth-order valence-electron chi connectivity index (χ4n) is 3.35. The second-order valence-corrected chi connectivity index (χ2v) is 7.70. The molecular weight excluding hydrogens is 404 g/mol. The van der Waals surface area contributed by atoms with Crippen LogP contribution in [0.25, 0.3) is 0 Å². The molecule has 0 unspecified atom stereocenters. The Balaban J connectivity index is 1.67. The number of rotatable bonds is 6. The minimum atomic E-state index is -0.744. The summed E-state index contributed by atoms with van der Waals surface area (Å²) in [7, 11) is 3.98. The number of morpholine rings is 1. The van der Waals surface area contributed by atoms with E-state index in [0.717, 1.165) is 24.3 Å². The van der Waals surface area contributed by atoms with E-state index in [2.05, 4.69) is 39.8 Å². The van der Waals surface area contributed by atoms with Gasteiger partial charge in [-0.2, -0.15) is 0 Å². The highest BCUT2D eigenvalue weighted by Crippen LogP contribution is 2.24. The topological polar surface area (TPSA) is 73.9 Å². The normalized spacial score (nSPS) is 15.3. The van der Waals surface area contributed by atoms with Gasteiger partial charge >= 0.3 is 11.8 Å². The number of anilines is 2. The highest BCUT2D eigenvalue weighted by atomic mass is 35.5. The van der Waals surface area contributed by atoms with Crippen molar-refractivity contribution in [3.63, 3.8) is 0 Å². The molecule has 1 saturated heterocycles. The van der Waals surface area contributed by atoms with Crippen molar-refractivity contribution in [2.75, 3.05) is 57.2 Å². The van der Waals surface area contributed by atoms with E-state index < -0.39 is 11.8 Å². The smallest absolute Gasteiger partial charge is 0.313 e. The van der Waals surface area contributed by atoms with Crippen molar-refractivity contribution in [1.29, 1.82) is 0 Å². The molecule has 0 radical (unpaired) electrons. The van der Waals surface area contributed by atoms with E-state index in [1.54, 1.807) is 24.3 Å². The lowest BCUT2D eigenvalue weighted by atomic mass is 10.0. The maximum atomic E-state index is 12.4. The first-order valence-corrected chi connectivity index (χ1v) is 10.3. The second kappa shape index (κ2) is 10.4. The van der Waals surface area contributed by atoms with Crippen LogP contribution in [-0.2, 0) is 14.3 Å². The Morgan fingerprint density at radius 1 is 1.07 bits per heavy atom. The summed E-state index contributed by atoms with van der Waals surface area (Å²) in [6.07, 6.45) is 0. The number of nitrogens with one attached hydrogen (secondary N) is 2. The third kappa shape index (κ3) is 5.72. The van der Waals surface area contributed by atoms with Crippen molar-refractivity contribution < 1.29 is 14.3 Å². The lowest BCUT2D eigenvalue weighted by molar-refractivity contribution is -0.136. The first-order valence-electron chi connectivity index (χ1n) is 9.88. The monoisotopic (exact) mass is 430 g/mol. The van der Waals surface area contributed by atoms with Gasteiger partial charge in [-0.3, -0.25) is 14.5 Å².